The van der Waals surface area contributed by atoms with Crippen molar-refractivity contribution in [2.75, 3.05) is 36.8 Å². The molecule has 8 heteroatoms. The highest BCUT2D eigenvalue weighted by Crippen LogP contribution is 2.34. The summed E-state index contributed by atoms with van der Waals surface area (Å²) in [7, 11) is 0. The largest absolute Gasteiger partial charge is 0.339 e. The molecule has 1 amide bonds. The van der Waals surface area contributed by atoms with Gasteiger partial charge in [0.1, 0.15) is 4.83 Å². The van der Waals surface area contributed by atoms with Gasteiger partial charge in [0, 0.05) is 37.6 Å². The number of aromatic nitrogens is 2. The van der Waals surface area contributed by atoms with Gasteiger partial charge >= 0.3 is 0 Å². The van der Waals surface area contributed by atoms with Crippen LogP contribution in [-0.4, -0.2) is 57.5 Å². The Morgan fingerprint density at radius 1 is 1.17 bits per heavy atom. The molecule has 4 rings (SSSR count). The van der Waals surface area contributed by atoms with Crippen molar-refractivity contribution in [3.05, 3.63) is 20.8 Å². The van der Waals surface area contributed by atoms with E-state index in [2.05, 4.69) is 25.7 Å². The van der Waals surface area contributed by atoms with Gasteiger partial charge in [-0.1, -0.05) is 20.8 Å². The molecule has 0 spiro atoms. The molecule has 1 aliphatic heterocycles. The van der Waals surface area contributed by atoms with E-state index in [1.807, 2.05) is 9.47 Å². The minimum absolute atomic E-state index is 0.128. The van der Waals surface area contributed by atoms with Crippen LogP contribution in [0.2, 0.25) is 0 Å². The number of thiophene rings is 1. The lowest BCUT2D eigenvalue weighted by atomic mass is 9.97. The van der Waals surface area contributed by atoms with Crippen LogP contribution in [0.25, 0.3) is 10.2 Å². The second kappa shape index (κ2) is 9.30. The molecule has 164 valence electrons. The third kappa shape index (κ3) is 4.26. The summed E-state index contributed by atoms with van der Waals surface area (Å²) < 4.78 is 1.88. The lowest BCUT2D eigenvalue weighted by molar-refractivity contribution is -0.128. The molecule has 0 saturated carbocycles. The summed E-state index contributed by atoms with van der Waals surface area (Å²) in [5.41, 5.74) is 1.39. The predicted molar refractivity (Wildman–Crippen MR) is 127 cm³/mol. The molecule has 0 N–H and O–H groups in total. The van der Waals surface area contributed by atoms with E-state index < -0.39 is 0 Å². The fourth-order valence-corrected chi connectivity index (χ4v) is 6.28. The molecule has 0 aromatic carbocycles. The Bertz CT molecular complexity index is 974. The summed E-state index contributed by atoms with van der Waals surface area (Å²) in [6.45, 7) is 9.87. The predicted octanol–water partition coefficient (Wildman–Crippen LogP) is 3.54. The fourth-order valence-electron chi connectivity index (χ4n) is 4.38. The number of anilines is 1. The van der Waals surface area contributed by atoms with Crippen LogP contribution >= 0.6 is 23.1 Å². The Kier molecular flexibility index (Phi) is 6.72. The zero-order valence-electron chi connectivity index (χ0n) is 18.3. The number of thioether (sulfide) groups is 1. The minimum atomic E-state index is 0.128. The van der Waals surface area contributed by atoms with Crippen LogP contribution in [0.4, 0.5) is 5.95 Å². The number of nitrogens with zero attached hydrogens (tertiary/aromatic N) is 4. The van der Waals surface area contributed by atoms with Crippen molar-refractivity contribution >= 4 is 45.2 Å². The van der Waals surface area contributed by atoms with E-state index in [1.54, 1.807) is 23.1 Å². The molecule has 1 fully saturated rings. The maximum absolute atomic E-state index is 13.5. The summed E-state index contributed by atoms with van der Waals surface area (Å²) in [6, 6.07) is 0. The number of amides is 1. The number of rotatable bonds is 6. The number of piperazine rings is 1. The van der Waals surface area contributed by atoms with Gasteiger partial charge < -0.3 is 9.80 Å². The molecule has 30 heavy (non-hydrogen) atoms. The standard InChI is InChI=1S/C22H32N4O2S2/c1-4-9-26-21(28)19-16-7-5-6-8-17(16)30-20(19)23-22(26)25-12-10-24(11-13-25)18(27)14-29-15(2)3/h15H,4-14H2,1-3H3. The molecule has 0 radical (unpaired) electrons. The van der Waals surface area contributed by atoms with Crippen LogP contribution in [0.5, 0.6) is 0 Å². The van der Waals surface area contributed by atoms with Crippen molar-refractivity contribution in [2.45, 2.75) is 64.7 Å². The van der Waals surface area contributed by atoms with Crippen molar-refractivity contribution < 1.29 is 4.79 Å². The van der Waals surface area contributed by atoms with E-state index in [0.29, 0.717) is 30.6 Å². The smallest absolute Gasteiger partial charge is 0.263 e. The first kappa shape index (κ1) is 21.7. The SMILES string of the molecule is CCCn1c(N2CCN(C(=O)CSC(C)C)CC2)nc2sc3c(c2c1=O)CCCC3. The molecule has 6 nitrogen and oxygen atoms in total. The second-order valence-corrected chi connectivity index (χ2v) is 11.1. The van der Waals surface area contributed by atoms with E-state index >= 15 is 0 Å². The van der Waals surface area contributed by atoms with Gasteiger partial charge in [-0.15, -0.1) is 23.1 Å². The zero-order chi connectivity index (χ0) is 21.3. The highest BCUT2D eigenvalue weighted by molar-refractivity contribution is 8.00. The number of fused-ring (bicyclic) bond motifs is 3. The van der Waals surface area contributed by atoms with Gasteiger partial charge in [-0.25, -0.2) is 4.98 Å². The molecule has 2 aromatic heterocycles. The first-order chi connectivity index (χ1) is 14.5. The number of carbonyl (C=O) groups excluding carboxylic acids is 1. The maximum atomic E-state index is 13.5. The van der Waals surface area contributed by atoms with E-state index in [0.717, 1.165) is 48.5 Å². The topological polar surface area (TPSA) is 58.4 Å². The van der Waals surface area contributed by atoms with Crippen LogP contribution in [0.3, 0.4) is 0 Å². The molecule has 0 atom stereocenters. The van der Waals surface area contributed by atoms with E-state index in [4.69, 9.17) is 4.98 Å². The normalized spacial score (nSPS) is 17.1. The summed E-state index contributed by atoms with van der Waals surface area (Å²) in [4.78, 5) is 37.4. The highest BCUT2D eigenvalue weighted by Gasteiger charge is 2.27. The molecule has 0 unspecified atom stereocenters. The number of hydrogen-bond donors (Lipinski definition) is 0. The molecule has 3 heterocycles. The molecular formula is C22H32N4O2S2. The van der Waals surface area contributed by atoms with E-state index in [1.165, 1.54) is 23.3 Å². The Morgan fingerprint density at radius 2 is 1.90 bits per heavy atom. The molecule has 1 saturated heterocycles. The quantitative estimate of drug-likeness (QED) is 0.677. The molecular weight excluding hydrogens is 416 g/mol. The lowest BCUT2D eigenvalue weighted by Gasteiger charge is -2.36. The third-order valence-electron chi connectivity index (χ3n) is 5.96. The average molecular weight is 449 g/mol. The van der Waals surface area contributed by atoms with Crippen LogP contribution in [0.15, 0.2) is 4.79 Å². The van der Waals surface area contributed by atoms with E-state index in [-0.39, 0.29) is 11.5 Å². The number of carbonyl (C=O) groups is 1. The monoisotopic (exact) mass is 448 g/mol. The van der Waals surface area contributed by atoms with Gasteiger partial charge in [-0.3, -0.25) is 14.2 Å². The van der Waals surface area contributed by atoms with Gasteiger partial charge in [0.2, 0.25) is 11.9 Å². The highest BCUT2D eigenvalue weighted by atomic mass is 32.2. The van der Waals surface area contributed by atoms with E-state index in [9.17, 15) is 9.59 Å². The molecule has 2 aromatic rings. The Labute approximate surface area is 186 Å². The number of hydrogen-bond acceptors (Lipinski definition) is 6. The van der Waals surface area contributed by atoms with Crippen molar-refractivity contribution in [2.24, 2.45) is 0 Å². The van der Waals surface area contributed by atoms with Crippen LogP contribution in [-0.2, 0) is 24.2 Å². The summed E-state index contributed by atoms with van der Waals surface area (Å²) >= 11 is 3.41. The van der Waals surface area contributed by atoms with Gasteiger partial charge in [0.05, 0.1) is 11.1 Å². The average Bonchev–Trinajstić information content (AvgIpc) is 3.12. The Hall–Kier alpha value is -1.54. The summed E-state index contributed by atoms with van der Waals surface area (Å²) in [5, 5.41) is 1.33. The Balaban J connectivity index is 1.59. The molecule has 0 bridgehead atoms. The van der Waals surface area contributed by atoms with Crippen molar-refractivity contribution in [1.29, 1.82) is 0 Å². The first-order valence-electron chi connectivity index (χ1n) is 11.2. The molecule has 1 aliphatic carbocycles. The van der Waals surface area contributed by atoms with Crippen LogP contribution in [0, 0.1) is 0 Å². The van der Waals surface area contributed by atoms with Gasteiger partial charge in [0.15, 0.2) is 0 Å². The first-order valence-corrected chi connectivity index (χ1v) is 13.1. The van der Waals surface area contributed by atoms with Crippen molar-refractivity contribution in [1.82, 2.24) is 14.5 Å². The van der Waals surface area contributed by atoms with Crippen LogP contribution in [0.1, 0.15) is 50.5 Å². The second-order valence-electron chi connectivity index (χ2n) is 8.49. The van der Waals surface area contributed by atoms with Gasteiger partial charge in [0.25, 0.3) is 5.56 Å². The molecule has 2 aliphatic rings. The van der Waals surface area contributed by atoms with Gasteiger partial charge in [-0.2, -0.15) is 0 Å². The summed E-state index contributed by atoms with van der Waals surface area (Å²) in [5.74, 6) is 1.55. The Morgan fingerprint density at radius 3 is 2.60 bits per heavy atom. The zero-order valence-corrected chi connectivity index (χ0v) is 19.9. The minimum Gasteiger partial charge on any atom is -0.339 e. The van der Waals surface area contributed by atoms with Crippen molar-refractivity contribution in [3.63, 3.8) is 0 Å². The fraction of sp³-hybridized carbons (Fsp3) is 0.682. The lowest BCUT2D eigenvalue weighted by Crippen LogP contribution is -2.50. The maximum Gasteiger partial charge on any atom is 0.263 e. The van der Waals surface area contributed by atoms with Crippen molar-refractivity contribution in [3.8, 4) is 0 Å². The third-order valence-corrected chi connectivity index (χ3v) is 8.22. The van der Waals surface area contributed by atoms with Crippen LogP contribution < -0.4 is 10.5 Å². The summed E-state index contributed by atoms with van der Waals surface area (Å²) in [6.07, 6.45) is 5.36. The van der Waals surface area contributed by atoms with Gasteiger partial charge in [-0.05, 0) is 42.9 Å². The number of aryl methyl sites for hydroxylation is 2.